The first-order valence-electron chi connectivity index (χ1n) is 10.2. The van der Waals surface area contributed by atoms with Gasteiger partial charge in [-0.3, -0.25) is 0 Å². The Balaban J connectivity index is 1.62. The number of unbranched alkanes of at least 4 members (excludes halogenated alkanes) is 1. The second-order valence-corrected chi connectivity index (χ2v) is 7.15. The van der Waals surface area contributed by atoms with Crippen LogP contribution in [0, 0.1) is 0 Å². The summed E-state index contributed by atoms with van der Waals surface area (Å²) in [5, 5.41) is 1.09. The normalized spacial score (nSPS) is 11.3. The molecule has 0 aliphatic heterocycles. The van der Waals surface area contributed by atoms with Crippen molar-refractivity contribution in [3.05, 3.63) is 60.4 Å². The average Bonchev–Trinajstić information content (AvgIpc) is 3.12. The first-order valence-corrected chi connectivity index (χ1v) is 10.2. The van der Waals surface area contributed by atoms with Crippen molar-refractivity contribution in [1.82, 2.24) is 14.5 Å². The van der Waals surface area contributed by atoms with E-state index in [0.717, 1.165) is 65.7 Å². The summed E-state index contributed by atoms with van der Waals surface area (Å²) in [6.45, 7) is 2.21. The van der Waals surface area contributed by atoms with Crippen molar-refractivity contribution in [1.29, 1.82) is 0 Å². The van der Waals surface area contributed by atoms with Crippen LogP contribution in [0.1, 0.15) is 25.1 Å². The number of nitrogens with zero attached hydrogens (tertiary/aromatic N) is 3. The topological polar surface area (TPSA) is 92.0 Å². The maximum Gasteiger partial charge on any atom is 0.152 e. The van der Waals surface area contributed by atoms with E-state index in [1.54, 1.807) is 0 Å². The summed E-state index contributed by atoms with van der Waals surface area (Å²) >= 11 is 0. The number of pyridine rings is 1. The highest BCUT2D eigenvalue weighted by Crippen LogP contribution is 2.29. The molecule has 2 heterocycles. The van der Waals surface area contributed by atoms with Gasteiger partial charge in [-0.25, -0.2) is 9.97 Å². The van der Waals surface area contributed by atoms with E-state index >= 15 is 0 Å². The number of hydrogen-bond donors (Lipinski definition) is 2. The largest absolute Gasteiger partial charge is 0.494 e. The molecule has 4 N–H and O–H groups in total. The van der Waals surface area contributed by atoms with Gasteiger partial charge < -0.3 is 20.8 Å². The Labute approximate surface area is 170 Å². The Morgan fingerprint density at radius 1 is 0.897 bits per heavy atom. The molecule has 0 saturated carbocycles. The van der Waals surface area contributed by atoms with Gasteiger partial charge in [0.15, 0.2) is 5.82 Å². The molecule has 0 aliphatic rings. The molecule has 0 spiro atoms. The predicted octanol–water partition coefficient (Wildman–Crippen LogP) is 3.92. The van der Waals surface area contributed by atoms with E-state index in [1.165, 1.54) is 0 Å². The van der Waals surface area contributed by atoms with Crippen LogP contribution in [0.15, 0.2) is 54.6 Å². The summed E-state index contributed by atoms with van der Waals surface area (Å²) in [5.74, 6) is 2.40. The quantitative estimate of drug-likeness (QED) is 0.423. The van der Waals surface area contributed by atoms with Crippen LogP contribution in [0.3, 0.4) is 0 Å². The number of para-hydroxylation sites is 2. The van der Waals surface area contributed by atoms with Gasteiger partial charge in [-0.2, -0.15) is 0 Å². The first-order chi connectivity index (χ1) is 14.3. The van der Waals surface area contributed by atoms with Gasteiger partial charge in [-0.05, 0) is 44.0 Å². The van der Waals surface area contributed by atoms with Crippen molar-refractivity contribution in [2.45, 2.75) is 32.2 Å². The molecule has 0 fully saturated rings. The minimum absolute atomic E-state index is 0.484. The summed E-state index contributed by atoms with van der Waals surface area (Å²) in [6.07, 6.45) is 3.68. The molecule has 0 radical (unpaired) electrons. The molecule has 2 aromatic heterocycles. The van der Waals surface area contributed by atoms with Crippen LogP contribution in [-0.4, -0.2) is 27.7 Å². The molecule has 0 bridgehead atoms. The second kappa shape index (κ2) is 8.92. The summed E-state index contributed by atoms with van der Waals surface area (Å²) < 4.78 is 8.14. The van der Waals surface area contributed by atoms with Crippen LogP contribution >= 0.6 is 0 Å². The molecule has 4 rings (SSSR count). The van der Waals surface area contributed by atoms with Crippen LogP contribution in [0.5, 0.6) is 5.75 Å². The average molecular weight is 390 g/mol. The molecule has 0 saturated heterocycles. The molecule has 6 heteroatoms. The molecule has 4 aromatic rings. The third-order valence-electron chi connectivity index (χ3n) is 5.08. The number of fused-ring (bicyclic) bond motifs is 3. The van der Waals surface area contributed by atoms with Gasteiger partial charge in [-0.15, -0.1) is 0 Å². The Bertz CT molecular complexity index is 1090. The van der Waals surface area contributed by atoms with E-state index in [2.05, 4.69) is 15.6 Å². The van der Waals surface area contributed by atoms with E-state index in [9.17, 15) is 0 Å². The Hall–Kier alpha value is -3.12. The number of aromatic nitrogens is 3. The molecule has 0 unspecified atom stereocenters. The van der Waals surface area contributed by atoms with E-state index in [1.807, 2.05) is 48.5 Å². The number of nitrogen functional groups attached to an aromatic ring is 1. The minimum atomic E-state index is 0.484. The molecule has 0 aliphatic carbocycles. The first kappa shape index (κ1) is 19.2. The zero-order valence-corrected chi connectivity index (χ0v) is 16.6. The monoisotopic (exact) mass is 389 g/mol. The lowest BCUT2D eigenvalue weighted by atomic mass is 10.2. The highest BCUT2D eigenvalue weighted by Gasteiger charge is 2.16. The molecule has 2 aromatic carbocycles. The van der Waals surface area contributed by atoms with Crippen LogP contribution in [0.4, 0.5) is 5.82 Å². The van der Waals surface area contributed by atoms with Crippen LogP contribution in [0.2, 0.25) is 0 Å². The van der Waals surface area contributed by atoms with Gasteiger partial charge in [-0.1, -0.05) is 36.4 Å². The summed E-state index contributed by atoms with van der Waals surface area (Å²) in [6, 6.07) is 18.0. The molecule has 150 valence electrons. The zero-order chi connectivity index (χ0) is 20.1. The fraction of sp³-hybridized carbons (Fsp3) is 0.304. The molecule has 0 amide bonds. The van der Waals surface area contributed by atoms with Crippen molar-refractivity contribution < 1.29 is 4.74 Å². The summed E-state index contributed by atoms with van der Waals surface area (Å²) in [7, 11) is 0. The number of hydrogen-bond acceptors (Lipinski definition) is 5. The van der Waals surface area contributed by atoms with Gasteiger partial charge in [0, 0.05) is 18.4 Å². The molecule has 6 nitrogen and oxygen atoms in total. The highest BCUT2D eigenvalue weighted by atomic mass is 16.5. The number of rotatable bonds is 9. The molecule has 29 heavy (non-hydrogen) atoms. The van der Waals surface area contributed by atoms with E-state index < -0.39 is 0 Å². The van der Waals surface area contributed by atoms with Crippen molar-refractivity contribution in [2.75, 3.05) is 18.9 Å². The predicted molar refractivity (Wildman–Crippen MR) is 118 cm³/mol. The van der Waals surface area contributed by atoms with Gasteiger partial charge in [0.25, 0.3) is 0 Å². The van der Waals surface area contributed by atoms with Crippen molar-refractivity contribution in [3.63, 3.8) is 0 Å². The lowest BCUT2D eigenvalue weighted by Crippen LogP contribution is -2.08. The Morgan fingerprint density at radius 2 is 1.69 bits per heavy atom. The fourth-order valence-electron chi connectivity index (χ4n) is 3.69. The Morgan fingerprint density at radius 3 is 2.52 bits per heavy atom. The van der Waals surface area contributed by atoms with Crippen LogP contribution in [0.25, 0.3) is 21.9 Å². The minimum Gasteiger partial charge on any atom is -0.494 e. The van der Waals surface area contributed by atoms with Gasteiger partial charge >= 0.3 is 0 Å². The van der Waals surface area contributed by atoms with E-state index in [4.69, 9.17) is 21.2 Å². The fourth-order valence-corrected chi connectivity index (χ4v) is 3.69. The molecular formula is C23H27N5O. The van der Waals surface area contributed by atoms with Gasteiger partial charge in [0.05, 0.1) is 17.6 Å². The maximum atomic E-state index is 6.26. The molecular weight excluding hydrogens is 362 g/mol. The Kier molecular flexibility index (Phi) is 5.91. The number of anilines is 1. The van der Waals surface area contributed by atoms with Crippen LogP contribution < -0.4 is 16.2 Å². The number of ether oxygens (including phenoxy) is 1. The van der Waals surface area contributed by atoms with E-state index in [0.29, 0.717) is 19.0 Å². The zero-order valence-electron chi connectivity index (χ0n) is 16.6. The number of benzene rings is 2. The number of nitrogens with two attached hydrogens (primary N) is 2. The molecule has 0 atom stereocenters. The maximum absolute atomic E-state index is 6.26. The second-order valence-electron chi connectivity index (χ2n) is 7.15. The number of aryl methyl sites for hydroxylation is 2. The highest BCUT2D eigenvalue weighted by molar-refractivity contribution is 6.06. The summed E-state index contributed by atoms with van der Waals surface area (Å²) in [5.41, 5.74) is 14.7. The van der Waals surface area contributed by atoms with Gasteiger partial charge in [0.2, 0.25) is 0 Å². The van der Waals surface area contributed by atoms with Gasteiger partial charge in [0.1, 0.15) is 17.1 Å². The smallest absolute Gasteiger partial charge is 0.152 e. The van der Waals surface area contributed by atoms with E-state index in [-0.39, 0.29) is 0 Å². The standard InChI is InChI=1S/C23H27N5O/c24-14-6-7-15-28-20(13-8-16-29-17-9-2-1-3-10-17)27-21-22(28)18-11-4-5-12-19(18)26-23(21)25/h1-5,9-12H,6-8,13-16,24H2,(H2,25,26). The number of imidazole rings is 1. The van der Waals surface area contributed by atoms with Crippen molar-refractivity contribution in [3.8, 4) is 5.75 Å². The third-order valence-corrected chi connectivity index (χ3v) is 5.08. The lowest BCUT2D eigenvalue weighted by Gasteiger charge is -2.11. The van der Waals surface area contributed by atoms with Crippen molar-refractivity contribution >= 4 is 27.8 Å². The SMILES string of the molecule is NCCCCn1c(CCCOc2ccccc2)nc2c(N)nc3ccccc3c21. The lowest BCUT2D eigenvalue weighted by molar-refractivity contribution is 0.309. The third kappa shape index (κ3) is 4.17. The summed E-state index contributed by atoms with van der Waals surface area (Å²) in [4.78, 5) is 9.42. The van der Waals surface area contributed by atoms with Crippen molar-refractivity contribution in [2.24, 2.45) is 5.73 Å². The van der Waals surface area contributed by atoms with Crippen LogP contribution in [-0.2, 0) is 13.0 Å².